The van der Waals surface area contributed by atoms with Crippen molar-refractivity contribution < 1.29 is 14.1 Å². The van der Waals surface area contributed by atoms with E-state index in [1.165, 1.54) is 12.5 Å². The first-order valence-corrected chi connectivity index (χ1v) is 9.93. The van der Waals surface area contributed by atoms with E-state index in [-0.39, 0.29) is 5.91 Å². The van der Waals surface area contributed by atoms with E-state index in [1.807, 2.05) is 44.2 Å². The van der Waals surface area contributed by atoms with E-state index < -0.39 is 0 Å². The van der Waals surface area contributed by atoms with Crippen LogP contribution in [0.25, 0.3) is 22.2 Å². The Kier molecular flexibility index (Phi) is 5.52. The van der Waals surface area contributed by atoms with Gasteiger partial charge in [-0.05, 0) is 49.9 Å². The summed E-state index contributed by atoms with van der Waals surface area (Å²) >= 11 is 0. The first-order chi connectivity index (χ1) is 14.5. The molecule has 0 bridgehead atoms. The molecule has 7 nitrogen and oxygen atoms in total. The Labute approximate surface area is 174 Å². The van der Waals surface area contributed by atoms with Crippen molar-refractivity contribution in [3.05, 3.63) is 59.5 Å². The van der Waals surface area contributed by atoms with Crippen molar-refractivity contribution in [2.75, 3.05) is 11.9 Å². The number of fused-ring (bicyclic) bond motifs is 1. The van der Waals surface area contributed by atoms with Gasteiger partial charge in [0.2, 0.25) is 5.91 Å². The van der Waals surface area contributed by atoms with E-state index in [9.17, 15) is 4.79 Å². The lowest BCUT2D eigenvalue weighted by atomic mass is 9.96. The summed E-state index contributed by atoms with van der Waals surface area (Å²) in [5.41, 5.74) is 6.51. The summed E-state index contributed by atoms with van der Waals surface area (Å²) in [7, 11) is 0. The zero-order valence-electron chi connectivity index (χ0n) is 17.3. The molecule has 4 aromatic rings. The van der Waals surface area contributed by atoms with Gasteiger partial charge in [0.05, 0.1) is 23.5 Å². The Hall–Kier alpha value is -3.61. The molecule has 0 aliphatic rings. The number of hydrogen-bond acceptors (Lipinski definition) is 5. The van der Waals surface area contributed by atoms with E-state index in [0.29, 0.717) is 23.8 Å². The standard InChI is InChI=1S/C23H24N4O3/c1-14-21(15(2)30-27-14)18-10-5-4-8-17(18)9-7-13-29-23-25-20-12-6-11-19(22(20)26-23)24-16(3)28/h4-6,8,10-12H,7,9,13H2,1-3H3,(H,24,28)(H,25,26). The van der Waals surface area contributed by atoms with Crippen LogP contribution in [0.15, 0.2) is 47.0 Å². The largest absolute Gasteiger partial charge is 0.465 e. The molecule has 0 fully saturated rings. The Morgan fingerprint density at radius 3 is 2.77 bits per heavy atom. The minimum absolute atomic E-state index is 0.134. The van der Waals surface area contributed by atoms with E-state index in [0.717, 1.165) is 40.9 Å². The molecule has 2 aromatic heterocycles. The normalized spacial score (nSPS) is 11.0. The number of para-hydroxylation sites is 1. The van der Waals surface area contributed by atoms with Gasteiger partial charge in [-0.15, -0.1) is 0 Å². The second kappa shape index (κ2) is 8.41. The van der Waals surface area contributed by atoms with Crippen molar-refractivity contribution in [1.29, 1.82) is 0 Å². The molecule has 154 valence electrons. The van der Waals surface area contributed by atoms with Gasteiger partial charge < -0.3 is 19.6 Å². The number of H-pyrrole nitrogens is 1. The molecule has 0 spiro atoms. The number of nitrogens with zero attached hydrogens (tertiary/aromatic N) is 2. The highest BCUT2D eigenvalue weighted by atomic mass is 16.5. The molecule has 0 atom stereocenters. The minimum atomic E-state index is -0.134. The van der Waals surface area contributed by atoms with Gasteiger partial charge in [0.15, 0.2) is 0 Å². The first kappa shape index (κ1) is 19.7. The highest BCUT2D eigenvalue weighted by molar-refractivity contribution is 5.98. The van der Waals surface area contributed by atoms with E-state index >= 15 is 0 Å². The number of hydrogen-bond donors (Lipinski definition) is 2. The Morgan fingerprint density at radius 2 is 2.00 bits per heavy atom. The molecule has 4 rings (SSSR count). The Balaban J connectivity index is 1.42. The maximum Gasteiger partial charge on any atom is 0.294 e. The quantitative estimate of drug-likeness (QED) is 0.431. The lowest BCUT2D eigenvalue weighted by molar-refractivity contribution is -0.114. The summed E-state index contributed by atoms with van der Waals surface area (Å²) < 4.78 is 11.2. The fourth-order valence-electron chi connectivity index (χ4n) is 3.65. The number of benzene rings is 2. The van der Waals surface area contributed by atoms with Gasteiger partial charge in [0, 0.05) is 12.5 Å². The monoisotopic (exact) mass is 404 g/mol. The third-order valence-electron chi connectivity index (χ3n) is 4.95. The predicted molar refractivity (Wildman–Crippen MR) is 116 cm³/mol. The van der Waals surface area contributed by atoms with Gasteiger partial charge >= 0.3 is 0 Å². The molecule has 2 aromatic carbocycles. The molecule has 0 radical (unpaired) electrons. The van der Waals surface area contributed by atoms with Crippen LogP contribution in [-0.4, -0.2) is 27.6 Å². The van der Waals surface area contributed by atoms with Crippen LogP contribution in [-0.2, 0) is 11.2 Å². The molecule has 30 heavy (non-hydrogen) atoms. The van der Waals surface area contributed by atoms with Crippen molar-refractivity contribution >= 4 is 22.6 Å². The molecule has 0 saturated carbocycles. The lowest BCUT2D eigenvalue weighted by Gasteiger charge is -2.09. The average molecular weight is 404 g/mol. The summed E-state index contributed by atoms with van der Waals surface area (Å²) in [4.78, 5) is 19.0. The number of ether oxygens (including phenoxy) is 1. The molecular formula is C23H24N4O3. The van der Waals surface area contributed by atoms with Gasteiger partial charge in [-0.2, -0.15) is 4.98 Å². The number of aryl methyl sites for hydroxylation is 3. The van der Waals surface area contributed by atoms with Gasteiger partial charge in [0.1, 0.15) is 11.3 Å². The molecular weight excluding hydrogens is 380 g/mol. The van der Waals surface area contributed by atoms with Crippen LogP contribution in [0.2, 0.25) is 0 Å². The van der Waals surface area contributed by atoms with Gasteiger partial charge in [0.25, 0.3) is 6.01 Å². The van der Waals surface area contributed by atoms with E-state index in [2.05, 4.69) is 32.6 Å². The number of carbonyl (C=O) groups excluding carboxylic acids is 1. The van der Waals surface area contributed by atoms with Crippen LogP contribution in [0.5, 0.6) is 6.01 Å². The van der Waals surface area contributed by atoms with Crippen LogP contribution < -0.4 is 10.1 Å². The number of amides is 1. The number of carbonyl (C=O) groups is 1. The van der Waals surface area contributed by atoms with Crippen molar-refractivity contribution in [2.24, 2.45) is 0 Å². The summed E-state index contributed by atoms with van der Waals surface area (Å²) in [5, 5.41) is 6.87. The second-order valence-corrected chi connectivity index (χ2v) is 7.23. The van der Waals surface area contributed by atoms with Crippen LogP contribution in [0.3, 0.4) is 0 Å². The second-order valence-electron chi connectivity index (χ2n) is 7.23. The fraction of sp³-hybridized carbons (Fsp3) is 0.261. The van der Waals surface area contributed by atoms with Crippen molar-refractivity contribution in [3.8, 4) is 17.1 Å². The maximum atomic E-state index is 11.4. The van der Waals surface area contributed by atoms with Gasteiger partial charge in [-0.1, -0.05) is 35.5 Å². The average Bonchev–Trinajstić information content (AvgIpc) is 3.28. The summed E-state index contributed by atoms with van der Waals surface area (Å²) in [6.07, 6.45) is 1.69. The van der Waals surface area contributed by atoms with Crippen molar-refractivity contribution in [2.45, 2.75) is 33.6 Å². The Bertz CT molecular complexity index is 1170. The molecule has 2 N–H and O–H groups in total. The summed E-state index contributed by atoms with van der Waals surface area (Å²) in [6.45, 7) is 5.89. The van der Waals surface area contributed by atoms with Crippen LogP contribution in [0.4, 0.5) is 5.69 Å². The number of nitrogens with one attached hydrogen (secondary N) is 2. The SMILES string of the molecule is CC(=O)Nc1cccc2[nH]c(OCCCc3ccccc3-c3c(C)noc3C)nc12. The minimum Gasteiger partial charge on any atom is -0.465 e. The molecule has 2 heterocycles. The summed E-state index contributed by atoms with van der Waals surface area (Å²) in [6, 6.07) is 14.3. The highest BCUT2D eigenvalue weighted by Crippen LogP contribution is 2.30. The zero-order valence-corrected chi connectivity index (χ0v) is 17.3. The smallest absolute Gasteiger partial charge is 0.294 e. The summed E-state index contributed by atoms with van der Waals surface area (Å²) in [5.74, 6) is 0.693. The van der Waals surface area contributed by atoms with E-state index in [4.69, 9.17) is 9.26 Å². The van der Waals surface area contributed by atoms with Crippen LogP contribution in [0.1, 0.15) is 30.4 Å². The number of anilines is 1. The number of aromatic amines is 1. The lowest BCUT2D eigenvalue weighted by Crippen LogP contribution is -2.06. The van der Waals surface area contributed by atoms with Gasteiger partial charge in [-0.25, -0.2) is 0 Å². The van der Waals surface area contributed by atoms with E-state index in [1.54, 1.807) is 0 Å². The molecule has 0 saturated heterocycles. The topological polar surface area (TPSA) is 93.0 Å². The number of imidazole rings is 1. The van der Waals surface area contributed by atoms with Crippen LogP contribution in [0, 0.1) is 13.8 Å². The first-order valence-electron chi connectivity index (χ1n) is 9.93. The maximum absolute atomic E-state index is 11.4. The highest BCUT2D eigenvalue weighted by Gasteiger charge is 2.15. The predicted octanol–water partition coefficient (Wildman–Crippen LogP) is 4.80. The molecule has 1 amide bonds. The Morgan fingerprint density at radius 1 is 1.17 bits per heavy atom. The van der Waals surface area contributed by atoms with Crippen LogP contribution >= 0.6 is 0 Å². The number of aromatic nitrogens is 3. The molecule has 0 aliphatic carbocycles. The molecule has 0 unspecified atom stereocenters. The molecule has 0 aliphatic heterocycles. The third-order valence-corrected chi connectivity index (χ3v) is 4.95. The fourth-order valence-corrected chi connectivity index (χ4v) is 3.65. The van der Waals surface area contributed by atoms with Crippen molar-refractivity contribution in [1.82, 2.24) is 15.1 Å². The molecule has 7 heteroatoms. The van der Waals surface area contributed by atoms with Gasteiger partial charge in [-0.3, -0.25) is 4.79 Å². The number of rotatable bonds is 7. The zero-order chi connectivity index (χ0) is 21.1. The van der Waals surface area contributed by atoms with Crippen molar-refractivity contribution in [3.63, 3.8) is 0 Å². The third kappa shape index (κ3) is 4.05.